The number of sulfonamides is 1. The average molecular weight is 1130 g/mol. The number of nitrogen functional groups attached to an aromatic ring is 1. The molecule has 76 heavy (non-hydrogen) atoms. The summed E-state index contributed by atoms with van der Waals surface area (Å²) in [6, 6.07) is 18.1. The molecule has 0 saturated carbocycles. The van der Waals surface area contributed by atoms with Crippen LogP contribution in [-0.4, -0.2) is 76.4 Å². The summed E-state index contributed by atoms with van der Waals surface area (Å²) in [7, 11) is -3.48. The Morgan fingerprint density at radius 2 is 1.21 bits per heavy atom. The van der Waals surface area contributed by atoms with Gasteiger partial charge in [0.15, 0.2) is 28.4 Å². The van der Waals surface area contributed by atoms with Crippen LogP contribution in [0.1, 0.15) is 71.9 Å². The summed E-state index contributed by atoms with van der Waals surface area (Å²) in [6.45, 7) is 27.4. The Morgan fingerprint density at radius 1 is 0.750 bits per heavy atom. The molecule has 5 N–H and O–H groups in total. The quantitative estimate of drug-likeness (QED) is 0.0362. The predicted molar refractivity (Wildman–Crippen MR) is 289 cm³/mol. The van der Waals surface area contributed by atoms with Gasteiger partial charge in [0.25, 0.3) is 30.2 Å². The number of fused-ring (bicyclic) bond motifs is 2. The number of nitrogens with one attached hydrogen (secondary N) is 3. The van der Waals surface area contributed by atoms with E-state index in [4.69, 9.17) is 52.0 Å². The van der Waals surface area contributed by atoms with Crippen LogP contribution in [0.15, 0.2) is 92.2 Å². The molecule has 0 fully saturated rings. The fourth-order valence-electron chi connectivity index (χ4n) is 7.43. The van der Waals surface area contributed by atoms with E-state index in [1.807, 2.05) is 20.8 Å². The molecule has 396 valence electrons. The largest absolute Gasteiger partial charge is 1.00 e. The number of aromatic amines is 2. The summed E-state index contributed by atoms with van der Waals surface area (Å²) >= 11 is 5.64. The molecule has 0 aliphatic heterocycles. The van der Waals surface area contributed by atoms with Gasteiger partial charge in [-0.25, -0.2) is 45.5 Å². The molecule has 0 radical (unpaired) electrons. The van der Waals surface area contributed by atoms with Crippen molar-refractivity contribution in [2.45, 2.75) is 83.9 Å². The van der Waals surface area contributed by atoms with E-state index in [0.29, 0.717) is 116 Å². The fourth-order valence-corrected chi connectivity index (χ4v) is 9.51. The number of H-pyrrole nitrogens is 2. The van der Waals surface area contributed by atoms with E-state index < -0.39 is 26.2 Å². The number of aromatic nitrogens is 8. The van der Waals surface area contributed by atoms with Gasteiger partial charge >= 0.3 is 29.6 Å². The van der Waals surface area contributed by atoms with Gasteiger partial charge in [-0.1, -0.05) is 37.6 Å². The number of aryl methyl sites for hydroxylation is 5. The van der Waals surface area contributed by atoms with Crippen molar-refractivity contribution in [2.24, 2.45) is 0 Å². The van der Waals surface area contributed by atoms with Gasteiger partial charge in [-0.05, 0) is 114 Å². The van der Waals surface area contributed by atoms with E-state index in [2.05, 4.69) is 44.5 Å². The zero-order valence-corrected chi connectivity index (χ0v) is 47.9. The van der Waals surface area contributed by atoms with Gasteiger partial charge in [0.1, 0.15) is 23.1 Å². The molecular weight excluding hydrogens is 1070 g/mol. The van der Waals surface area contributed by atoms with Gasteiger partial charge in [0, 0.05) is 39.9 Å². The van der Waals surface area contributed by atoms with Gasteiger partial charge < -0.3 is 26.6 Å². The average Bonchev–Trinajstić information content (AvgIpc) is 3.89. The first-order valence-corrected chi connectivity index (χ1v) is 27.0. The molecule has 0 bridgehead atoms. The smallest absolute Gasteiger partial charge is 1.00 e. The van der Waals surface area contributed by atoms with Crippen LogP contribution in [-0.2, 0) is 31.9 Å². The topological polar surface area (TPSA) is 260 Å². The number of halogens is 3. The predicted octanol–water partition coefficient (Wildman–Crippen LogP) is 7.25. The second-order valence-electron chi connectivity index (χ2n) is 16.0. The van der Waals surface area contributed by atoms with Crippen LogP contribution >= 0.6 is 22.3 Å². The van der Waals surface area contributed by atoms with Crippen LogP contribution in [0.5, 0.6) is 11.5 Å². The van der Waals surface area contributed by atoms with E-state index >= 15 is 0 Å². The van der Waals surface area contributed by atoms with Crippen molar-refractivity contribution in [2.75, 3.05) is 30.8 Å². The van der Waals surface area contributed by atoms with Crippen LogP contribution in [0.2, 0.25) is 5.02 Å². The van der Waals surface area contributed by atoms with Crippen molar-refractivity contribution in [3.05, 3.63) is 150 Å². The molecule has 0 spiro atoms. The van der Waals surface area contributed by atoms with Gasteiger partial charge in [-0.3, -0.25) is 18.7 Å². The molecule has 0 aliphatic rings. The number of hydrogen-bond acceptors (Lipinski definition) is 13. The number of imidazole rings is 2. The maximum Gasteiger partial charge on any atom is 1.00 e. The van der Waals surface area contributed by atoms with Crippen LogP contribution in [0.25, 0.3) is 43.5 Å². The van der Waals surface area contributed by atoms with E-state index in [1.54, 1.807) is 58.0 Å². The summed E-state index contributed by atoms with van der Waals surface area (Å²) in [5.41, 5.74) is 9.63. The van der Waals surface area contributed by atoms with Crippen LogP contribution in [0, 0.1) is 33.9 Å². The van der Waals surface area contributed by atoms with Crippen LogP contribution in [0.3, 0.4) is 0 Å². The van der Waals surface area contributed by atoms with Gasteiger partial charge in [-0.15, -0.1) is 10.2 Å². The zero-order valence-electron chi connectivity index (χ0n) is 44.7. The number of nitrogens with zero attached hydrogens (tertiary/aromatic N) is 8. The molecule has 8 aromatic rings. The molecule has 20 nitrogen and oxygen atoms in total. The minimum Gasteiger partial charge on any atom is -1.00 e. The molecule has 0 aliphatic carbocycles. The first-order chi connectivity index (χ1) is 36.1. The van der Waals surface area contributed by atoms with E-state index in [-0.39, 0.29) is 63.5 Å². The van der Waals surface area contributed by atoms with Crippen LogP contribution in [0.4, 0.5) is 27.1 Å². The number of ether oxygens (including phenoxy) is 2. The van der Waals surface area contributed by atoms with Crippen molar-refractivity contribution >= 4 is 75.1 Å². The van der Waals surface area contributed by atoms with E-state index in [0.717, 1.165) is 12.8 Å². The number of rotatable bonds is 14. The Balaban J connectivity index is 0.000000334. The second kappa shape index (κ2) is 27.3. The Bertz CT molecular complexity index is 3870. The number of anilines is 2. The Morgan fingerprint density at radius 3 is 1.63 bits per heavy atom. The molecule has 26 heteroatoms. The van der Waals surface area contributed by atoms with Crippen molar-refractivity contribution in [1.82, 2.24) is 39.2 Å². The van der Waals surface area contributed by atoms with Crippen LogP contribution < -0.4 is 60.6 Å². The number of nitrogens with two attached hydrogens (primary N) is 1. The summed E-state index contributed by atoms with van der Waals surface area (Å²) < 4.78 is 82.3. The molecule has 0 saturated heterocycles. The molecule has 0 amide bonds. The Kier molecular flexibility index (Phi) is 21.6. The summed E-state index contributed by atoms with van der Waals surface area (Å²) in [5.74, 6) is 2.42. The third-order valence-corrected chi connectivity index (χ3v) is 13.7. The molecule has 4 aromatic carbocycles. The molecule has 8 rings (SSSR count). The summed E-state index contributed by atoms with van der Waals surface area (Å²) in [4.78, 5) is 46.3. The third kappa shape index (κ3) is 14.6. The number of alkyl halides is 1. The Labute approximate surface area is 473 Å². The third-order valence-electron chi connectivity index (χ3n) is 10.7. The summed E-state index contributed by atoms with van der Waals surface area (Å²) in [5, 5.41) is 9.51. The molecule has 4 heterocycles. The maximum absolute atomic E-state index is 13.2. The minimum atomic E-state index is -4.00. The monoisotopic (exact) mass is 1130 g/mol. The molecule has 0 atom stereocenters. The fraction of sp³-hybridized carbons (Fsp3) is 0.280. The standard InChI is InChI=1S/C25H26N6O4S.C17H19ClN4O4S.C7H5ClN2.CH3F.Na.H/c1-6-8-22-27-16(4)23-25(32)28-24(29-31(22)23)19-14-18(10-12-21(19)35-7-2)36(33,34)30-17-9-11-20(26-5)15(3)13-17;1-4-6-14-19-10(3)15-17(23)20-16(21-22(14)15)12-9-11(27(18,24)25)7-8-13(12)26-5-2;1-10-7-3-2-5(9)4-6(7)8;1-2;;/h9-14,30H,6-8H2,1-4H3,(H,28,29,32);7-9H,4-6H2,1-3H3,(H,20,21,23);2-4H,9H2;1H3;;/q;;;;+1;-1/i;;;1D;;. The minimum absolute atomic E-state index is 0. The van der Waals surface area contributed by atoms with Gasteiger partial charge in [0.05, 0.1) is 67.2 Å². The molecule has 0 unspecified atom stereocenters. The van der Waals surface area contributed by atoms with Gasteiger partial charge in [0.2, 0.25) is 5.69 Å². The van der Waals surface area contributed by atoms with Gasteiger partial charge in [-0.2, -0.15) is 0 Å². The Hall–Kier alpha value is -6.83. The van der Waals surface area contributed by atoms with Crippen molar-refractivity contribution in [1.29, 1.82) is 0 Å². The molecule has 4 aromatic heterocycles. The zero-order chi connectivity index (χ0) is 56.1. The van der Waals surface area contributed by atoms with E-state index in [9.17, 15) is 30.8 Å². The second-order valence-corrected chi connectivity index (χ2v) is 20.7. The summed E-state index contributed by atoms with van der Waals surface area (Å²) in [6.07, 6.45) is 2.95. The first-order valence-electron chi connectivity index (χ1n) is 23.5. The SMILES string of the molecule is CCCc1nc(C)c2c(=O)[nH]c(-c3cc(S(=O)(=O)Cl)ccc3OCC)nn12.[2H]CF.[C-]#[N+]c1ccc(N)cc1Cl.[C-]#[N+]c1ccc(NS(=O)(=O)c2ccc(OCC)c(-c3nn4c(CCC)nc(C)c4c(=O)[nH]3)c2)cc1C.[H-].[Na+]. The van der Waals surface area contributed by atoms with Crippen molar-refractivity contribution in [3.8, 4) is 34.3 Å². The first kappa shape index (κ1) is 60.0. The number of hydrogen-bond donors (Lipinski definition) is 4. The normalized spacial score (nSPS) is 11.0. The molecular formula is C50H54Cl2FN12NaO8S2. The number of benzene rings is 4. The van der Waals surface area contributed by atoms with E-state index in [1.165, 1.54) is 51.5 Å². The maximum atomic E-state index is 13.2. The van der Waals surface area contributed by atoms with Crippen molar-refractivity contribution < 1.29 is 63.1 Å². The van der Waals surface area contributed by atoms with Crippen molar-refractivity contribution in [3.63, 3.8) is 0 Å².